The molecule has 1 saturated heterocycles. The number of hydrogen-bond donors (Lipinski definition) is 1. The van der Waals surface area contributed by atoms with Crippen LogP contribution in [0.4, 0.5) is 5.95 Å². The fourth-order valence-electron chi connectivity index (χ4n) is 3.11. The van der Waals surface area contributed by atoms with E-state index in [0.29, 0.717) is 32.1 Å². The molecule has 0 aromatic carbocycles. The Morgan fingerprint density at radius 1 is 1.17 bits per heavy atom. The Morgan fingerprint density at radius 2 is 1.80 bits per heavy atom. The van der Waals surface area contributed by atoms with Crippen LogP contribution in [-0.4, -0.2) is 79.1 Å². The summed E-state index contributed by atoms with van der Waals surface area (Å²) in [6.45, 7) is 3.54. The van der Waals surface area contributed by atoms with E-state index in [1.807, 2.05) is 4.90 Å². The van der Waals surface area contributed by atoms with Crippen LogP contribution < -0.4 is 9.62 Å². The number of piperazine rings is 1. The Bertz CT molecular complexity index is 1010. The van der Waals surface area contributed by atoms with Crippen molar-refractivity contribution in [2.75, 3.05) is 38.1 Å². The van der Waals surface area contributed by atoms with Gasteiger partial charge in [0.1, 0.15) is 10.6 Å². The SMILES string of the molecule is CNS(=O)(=O)c1cc(C(=O)OC(C)C(=O)N2CCN(c3ncccn3)CC2)n(C)c1. The minimum absolute atomic E-state index is 0.0366. The molecule has 1 aliphatic heterocycles. The second-order valence-corrected chi connectivity index (χ2v) is 8.67. The number of nitrogens with one attached hydrogen (secondary N) is 1. The van der Waals surface area contributed by atoms with Crippen LogP contribution in [0.3, 0.4) is 0 Å². The van der Waals surface area contributed by atoms with Gasteiger partial charge in [-0.05, 0) is 26.1 Å². The van der Waals surface area contributed by atoms with Gasteiger partial charge in [-0.2, -0.15) is 0 Å². The number of ether oxygens (including phenoxy) is 1. The normalized spacial score (nSPS) is 15.7. The Balaban J connectivity index is 1.59. The molecule has 1 unspecified atom stereocenters. The number of esters is 1. The van der Waals surface area contributed by atoms with Gasteiger partial charge in [0.25, 0.3) is 5.91 Å². The van der Waals surface area contributed by atoms with Gasteiger partial charge in [0, 0.05) is 51.8 Å². The first kappa shape index (κ1) is 21.7. The maximum Gasteiger partial charge on any atom is 0.355 e. The largest absolute Gasteiger partial charge is 0.448 e. The topological polar surface area (TPSA) is 127 Å². The second kappa shape index (κ2) is 8.79. The standard InChI is InChI=1S/C18H24N6O5S/c1-13(29-17(26)15-11-14(12-22(15)3)30(27,28)19-2)16(25)23-7-9-24(10-8-23)18-20-5-4-6-21-18/h4-6,11-13,19H,7-10H2,1-3H3. The van der Waals surface area contributed by atoms with Gasteiger partial charge in [0.2, 0.25) is 16.0 Å². The van der Waals surface area contributed by atoms with Crippen LogP contribution in [0.15, 0.2) is 35.6 Å². The van der Waals surface area contributed by atoms with Crippen molar-refractivity contribution in [3.8, 4) is 0 Å². The summed E-state index contributed by atoms with van der Waals surface area (Å²) in [5.74, 6) is -0.471. The molecule has 0 aliphatic carbocycles. The molecule has 3 heterocycles. The van der Waals surface area contributed by atoms with E-state index in [9.17, 15) is 18.0 Å². The fraction of sp³-hybridized carbons (Fsp3) is 0.444. The third kappa shape index (κ3) is 4.60. The Morgan fingerprint density at radius 3 is 2.40 bits per heavy atom. The molecule has 0 saturated carbocycles. The molecular formula is C18H24N6O5S. The Hall–Kier alpha value is -2.99. The number of rotatable bonds is 6. The quantitative estimate of drug-likeness (QED) is 0.607. The molecule has 3 rings (SSSR count). The first-order chi connectivity index (χ1) is 14.2. The van der Waals surface area contributed by atoms with E-state index in [1.165, 1.54) is 37.8 Å². The lowest BCUT2D eigenvalue weighted by Gasteiger charge is -2.35. The molecule has 0 radical (unpaired) electrons. The maximum absolute atomic E-state index is 12.7. The number of anilines is 1. The molecule has 12 heteroatoms. The van der Waals surface area contributed by atoms with Crippen molar-refractivity contribution in [1.29, 1.82) is 0 Å². The zero-order valence-corrected chi connectivity index (χ0v) is 17.8. The third-order valence-corrected chi connectivity index (χ3v) is 6.21. The molecule has 2 aromatic heterocycles. The highest BCUT2D eigenvalue weighted by Crippen LogP contribution is 2.16. The van der Waals surface area contributed by atoms with Gasteiger partial charge in [0.15, 0.2) is 6.10 Å². The van der Waals surface area contributed by atoms with E-state index in [4.69, 9.17) is 4.74 Å². The van der Waals surface area contributed by atoms with Crippen molar-refractivity contribution in [1.82, 2.24) is 24.2 Å². The lowest BCUT2D eigenvalue weighted by Crippen LogP contribution is -2.52. The number of aryl methyl sites for hydroxylation is 1. The predicted molar refractivity (Wildman–Crippen MR) is 107 cm³/mol. The van der Waals surface area contributed by atoms with Gasteiger partial charge in [-0.25, -0.2) is 27.9 Å². The van der Waals surface area contributed by atoms with E-state index in [0.717, 1.165) is 0 Å². The van der Waals surface area contributed by atoms with Gasteiger partial charge >= 0.3 is 5.97 Å². The van der Waals surface area contributed by atoms with Crippen LogP contribution in [0.5, 0.6) is 0 Å². The highest BCUT2D eigenvalue weighted by Gasteiger charge is 2.29. The van der Waals surface area contributed by atoms with Crippen molar-refractivity contribution in [3.63, 3.8) is 0 Å². The van der Waals surface area contributed by atoms with E-state index in [1.54, 1.807) is 23.4 Å². The first-order valence-corrected chi connectivity index (χ1v) is 10.8. The fourth-order valence-corrected chi connectivity index (χ4v) is 3.91. The molecule has 1 aliphatic rings. The number of carbonyl (C=O) groups is 2. The zero-order valence-electron chi connectivity index (χ0n) is 17.0. The Kier molecular flexibility index (Phi) is 6.37. The van der Waals surface area contributed by atoms with Crippen LogP contribution in [0.1, 0.15) is 17.4 Å². The molecule has 162 valence electrons. The van der Waals surface area contributed by atoms with E-state index in [-0.39, 0.29) is 16.5 Å². The van der Waals surface area contributed by atoms with Gasteiger partial charge in [-0.15, -0.1) is 0 Å². The number of aromatic nitrogens is 3. The highest BCUT2D eigenvalue weighted by atomic mass is 32.2. The summed E-state index contributed by atoms with van der Waals surface area (Å²) in [7, 11) is -0.879. The van der Waals surface area contributed by atoms with Crippen LogP contribution in [0, 0.1) is 0 Å². The van der Waals surface area contributed by atoms with E-state index in [2.05, 4.69) is 14.7 Å². The van der Waals surface area contributed by atoms with Gasteiger partial charge in [-0.1, -0.05) is 0 Å². The van der Waals surface area contributed by atoms with Gasteiger partial charge < -0.3 is 19.1 Å². The smallest absolute Gasteiger partial charge is 0.355 e. The summed E-state index contributed by atoms with van der Waals surface area (Å²) in [6.07, 6.45) is 3.63. The number of amides is 1. The van der Waals surface area contributed by atoms with Crippen molar-refractivity contribution >= 4 is 27.8 Å². The van der Waals surface area contributed by atoms with Crippen molar-refractivity contribution in [2.24, 2.45) is 7.05 Å². The van der Waals surface area contributed by atoms with E-state index >= 15 is 0 Å². The predicted octanol–water partition coefficient (Wildman–Crippen LogP) is -0.383. The van der Waals surface area contributed by atoms with Crippen molar-refractivity contribution < 1.29 is 22.7 Å². The second-order valence-electron chi connectivity index (χ2n) is 6.79. The van der Waals surface area contributed by atoms with Crippen LogP contribution in [0.25, 0.3) is 0 Å². The number of carbonyl (C=O) groups excluding carboxylic acids is 2. The molecule has 0 bridgehead atoms. The number of nitrogens with zero attached hydrogens (tertiary/aromatic N) is 5. The summed E-state index contributed by atoms with van der Waals surface area (Å²) in [4.78, 5) is 37.1. The average Bonchev–Trinajstić information content (AvgIpc) is 3.16. The van der Waals surface area contributed by atoms with Gasteiger partial charge in [-0.3, -0.25) is 4.79 Å². The van der Waals surface area contributed by atoms with Crippen molar-refractivity contribution in [3.05, 3.63) is 36.4 Å². The van der Waals surface area contributed by atoms with Crippen LogP contribution in [0.2, 0.25) is 0 Å². The monoisotopic (exact) mass is 436 g/mol. The molecule has 1 fully saturated rings. The third-order valence-electron chi connectivity index (χ3n) is 4.83. The molecule has 30 heavy (non-hydrogen) atoms. The zero-order chi connectivity index (χ0) is 21.9. The number of sulfonamides is 1. The van der Waals surface area contributed by atoms with Crippen LogP contribution >= 0.6 is 0 Å². The lowest BCUT2D eigenvalue weighted by molar-refractivity contribution is -0.140. The summed E-state index contributed by atoms with van der Waals surface area (Å²) in [5, 5.41) is 0. The molecular weight excluding hydrogens is 412 g/mol. The summed E-state index contributed by atoms with van der Waals surface area (Å²) in [5.41, 5.74) is 0.0366. The molecule has 1 amide bonds. The summed E-state index contributed by atoms with van der Waals surface area (Å²) >= 11 is 0. The highest BCUT2D eigenvalue weighted by molar-refractivity contribution is 7.89. The minimum atomic E-state index is -3.69. The maximum atomic E-state index is 12.7. The minimum Gasteiger partial charge on any atom is -0.448 e. The van der Waals surface area contributed by atoms with Crippen LogP contribution in [-0.2, 0) is 26.6 Å². The van der Waals surface area contributed by atoms with Crippen molar-refractivity contribution in [2.45, 2.75) is 17.9 Å². The molecule has 1 atom stereocenters. The molecule has 11 nitrogen and oxygen atoms in total. The number of hydrogen-bond acceptors (Lipinski definition) is 8. The molecule has 0 spiro atoms. The van der Waals surface area contributed by atoms with E-state index < -0.39 is 22.1 Å². The summed E-state index contributed by atoms with van der Waals surface area (Å²) < 4.78 is 32.6. The molecule has 2 aromatic rings. The first-order valence-electron chi connectivity index (χ1n) is 9.34. The average molecular weight is 436 g/mol. The molecule has 1 N–H and O–H groups in total. The Labute approximate surface area is 174 Å². The lowest BCUT2D eigenvalue weighted by atomic mass is 10.2. The van der Waals surface area contributed by atoms with Gasteiger partial charge in [0.05, 0.1) is 0 Å². The summed E-state index contributed by atoms with van der Waals surface area (Å²) in [6, 6.07) is 2.95.